The topological polar surface area (TPSA) is 51.3 Å². The highest BCUT2D eigenvalue weighted by Crippen LogP contribution is 2.37. The van der Waals surface area contributed by atoms with Crippen LogP contribution in [0, 0.1) is 0 Å². The van der Waals surface area contributed by atoms with Gasteiger partial charge >= 0.3 is 5.97 Å². The maximum absolute atomic E-state index is 12.9. The summed E-state index contributed by atoms with van der Waals surface area (Å²) in [6.07, 6.45) is 1.88. The van der Waals surface area contributed by atoms with Crippen molar-refractivity contribution in [3.05, 3.63) is 102 Å². The molecule has 0 amide bonds. The number of ether oxygens (including phenoxy) is 2. The SMILES string of the molecule is CCOC(=O)C(c1ccccc1)c1c[nH]c2cccc(OCc3ccccc3)c12. The van der Waals surface area contributed by atoms with Crippen LogP contribution < -0.4 is 4.74 Å². The molecule has 1 unspecified atom stereocenters. The minimum atomic E-state index is -0.522. The van der Waals surface area contributed by atoms with Gasteiger partial charge in [-0.3, -0.25) is 4.79 Å². The maximum atomic E-state index is 12.9. The summed E-state index contributed by atoms with van der Waals surface area (Å²) in [7, 11) is 0. The predicted octanol–water partition coefficient (Wildman–Crippen LogP) is 5.44. The second kappa shape index (κ2) is 8.65. The Balaban J connectivity index is 1.76. The number of benzene rings is 3. The second-order valence-electron chi connectivity index (χ2n) is 6.79. The summed E-state index contributed by atoms with van der Waals surface area (Å²) in [5, 5.41) is 0.908. The van der Waals surface area contributed by atoms with E-state index in [-0.39, 0.29) is 5.97 Å². The lowest BCUT2D eigenvalue weighted by molar-refractivity contribution is -0.143. The van der Waals surface area contributed by atoms with Gasteiger partial charge in [-0.15, -0.1) is 0 Å². The van der Waals surface area contributed by atoms with E-state index in [0.29, 0.717) is 13.2 Å². The summed E-state index contributed by atoms with van der Waals surface area (Å²) in [5.41, 5.74) is 3.76. The Kier molecular flexibility index (Phi) is 5.61. The van der Waals surface area contributed by atoms with Crippen LogP contribution in [0.3, 0.4) is 0 Å². The molecule has 4 heteroatoms. The van der Waals surface area contributed by atoms with Crippen molar-refractivity contribution in [1.29, 1.82) is 0 Å². The predicted molar refractivity (Wildman–Crippen MR) is 114 cm³/mol. The molecule has 0 saturated heterocycles. The van der Waals surface area contributed by atoms with Gasteiger partial charge < -0.3 is 14.5 Å². The molecule has 0 aliphatic heterocycles. The summed E-state index contributed by atoms with van der Waals surface area (Å²) in [4.78, 5) is 16.2. The van der Waals surface area contributed by atoms with Crippen molar-refractivity contribution in [2.45, 2.75) is 19.4 Å². The molecule has 146 valence electrons. The molecule has 0 aliphatic carbocycles. The Morgan fingerprint density at radius 3 is 2.38 bits per heavy atom. The molecule has 0 spiro atoms. The number of rotatable bonds is 7. The summed E-state index contributed by atoms with van der Waals surface area (Å²) in [6.45, 7) is 2.62. The first-order valence-corrected chi connectivity index (χ1v) is 9.76. The van der Waals surface area contributed by atoms with Crippen molar-refractivity contribution in [2.75, 3.05) is 6.61 Å². The largest absolute Gasteiger partial charge is 0.488 e. The number of aromatic nitrogens is 1. The number of esters is 1. The quantitative estimate of drug-likeness (QED) is 0.431. The maximum Gasteiger partial charge on any atom is 0.317 e. The van der Waals surface area contributed by atoms with Crippen LogP contribution in [0.25, 0.3) is 10.9 Å². The zero-order valence-electron chi connectivity index (χ0n) is 16.3. The monoisotopic (exact) mass is 385 g/mol. The van der Waals surface area contributed by atoms with Crippen molar-refractivity contribution >= 4 is 16.9 Å². The van der Waals surface area contributed by atoms with E-state index >= 15 is 0 Å². The highest BCUT2D eigenvalue weighted by atomic mass is 16.5. The molecule has 0 radical (unpaired) electrons. The van der Waals surface area contributed by atoms with E-state index in [4.69, 9.17) is 9.47 Å². The van der Waals surface area contributed by atoms with E-state index in [1.54, 1.807) is 0 Å². The van der Waals surface area contributed by atoms with Gasteiger partial charge in [-0.05, 0) is 35.7 Å². The fourth-order valence-corrected chi connectivity index (χ4v) is 3.57. The smallest absolute Gasteiger partial charge is 0.317 e. The van der Waals surface area contributed by atoms with Crippen LogP contribution in [0.15, 0.2) is 85.1 Å². The van der Waals surface area contributed by atoms with Crippen molar-refractivity contribution < 1.29 is 14.3 Å². The van der Waals surface area contributed by atoms with Crippen molar-refractivity contribution in [2.24, 2.45) is 0 Å². The van der Waals surface area contributed by atoms with Gasteiger partial charge in [0.15, 0.2) is 0 Å². The molecule has 0 saturated carbocycles. The number of carbonyl (C=O) groups excluding carboxylic acids is 1. The van der Waals surface area contributed by atoms with Crippen LogP contribution in [-0.4, -0.2) is 17.6 Å². The number of nitrogens with one attached hydrogen (secondary N) is 1. The van der Waals surface area contributed by atoms with Crippen LogP contribution >= 0.6 is 0 Å². The molecule has 0 bridgehead atoms. The van der Waals surface area contributed by atoms with Crippen LogP contribution in [0.4, 0.5) is 0 Å². The van der Waals surface area contributed by atoms with Gasteiger partial charge in [0.1, 0.15) is 18.3 Å². The first kappa shape index (κ1) is 18.8. The first-order chi connectivity index (χ1) is 14.3. The van der Waals surface area contributed by atoms with E-state index in [9.17, 15) is 4.79 Å². The fraction of sp³-hybridized carbons (Fsp3) is 0.160. The Labute approximate surface area is 170 Å². The van der Waals surface area contributed by atoms with Gasteiger partial charge in [-0.1, -0.05) is 66.7 Å². The first-order valence-electron chi connectivity index (χ1n) is 9.76. The third-order valence-electron chi connectivity index (χ3n) is 4.90. The van der Waals surface area contributed by atoms with Crippen LogP contribution in [0.2, 0.25) is 0 Å². The van der Waals surface area contributed by atoms with Crippen LogP contribution in [-0.2, 0) is 16.1 Å². The van der Waals surface area contributed by atoms with Gasteiger partial charge in [0, 0.05) is 17.1 Å². The molecule has 29 heavy (non-hydrogen) atoms. The standard InChI is InChI=1S/C25H23NO3/c1-2-28-25(27)23(19-12-7-4-8-13-19)20-16-26-21-14-9-15-22(24(20)21)29-17-18-10-5-3-6-11-18/h3-16,23,26H,2,17H2,1H3. The zero-order chi connectivity index (χ0) is 20.1. The highest BCUT2D eigenvalue weighted by Gasteiger charge is 2.28. The number of aromatic amines is 1. The third-order valence-corrected chi connectivity index (χ3v) is 4.90. The molecule has 1 N–H and O–H groups in total. The lowest BCUT2D eigenvalue weighted by atomic mass is 9.91. The molecule has 1 heterocycles. The van der Waals surface area contributed by atoms with Crippen molar-refractivity contribution in [3.63, 3.8) is 0 Å². The van der Waals surface area contributed by atoms with Crippen LogP contribution in [0.5, 0.6) is 5.75 Å². The molecule has 1 atom stereocenters. The Morgan fingerprint density at radius 2 is 1.66 bits per heavy atom. The van der Waals surface area contributed by atoms with E-state index in [2.05, 4.69) is 4.98 Å². The van der Waals surface area contributed by atoms with E-state index in [0.717, 1.165) is 33.3 Å². The average Bonchev–Trinajstić information content (AvgIpc) is 3.19. The Bertz CT molecular complexity index is 1090. The molecule has 0 fully saturated rings. The minimum absolute atomic E-state index is 0.266. The average molecular weight is 385 g/mol. The number of hydrogen-bond acceptors (Lipinski definition) is 3. The fourth-order valence-electron chi connectivity index (χ4n) is 3.57. The Morgan fingerprint density at radius 1 is 0.931 bits per heavy atom. The number of fused-ring (bicyclic) bond motifs is 1. The third kappa shape index (κ3) is 4.02. The number of carbonyl (C=O) groups is 1. The number of H-pyrrole nitrogens is 1. The summed E-state index contributed by atoms with van der Waals surface area (Å²) >= 11 is 0. The van der Waals surface area contributed by atoms with Crippen LogP contribution in [0.1, 0.15) is 29.5 Å². The molecular weight excluding hydrogens is 362 g/mol. The zero-order valence-corrected chi connectivity index (χ0v) is 16.3. The van der Waals surface area contributed by atoms with Gasteiger partial charge in [0.25, 0.3) is 0 Å². The molecule has 1 aromatic heterocycles. The summed E-state index contributed by atoms with van der Waals surface area (Å²) in [6, 6.07) is 25.6. The minimum Gasteiger partial charge on any atom is -0.488 e. The van der Waals surface area contributed by atoms with E-state index in [1.165, 1.54) is 0 Å². The van der Waals surface area contributed by atoms with E-state index < -0.39 is 5.92 Å². The lowest BCUT2D eigenvalue weighted by Gasteiger charge is -2.17. The van der Waals surface area contributed by atoms with Crippen molar-refractivity contribution in [3.8, 4) is 5.75 Å². The lowest BCUT2D eigenvalue weighted by Crippen LogP contribution is -2.17. The summed E-state index contributed by atoms with van der Waals surface area (Å²) < 4.78 is 11.6. The molecular formula is C25H23NO3. The molecule has 4 nitrogen and oxygen atoms in total. The van der Waals surface area contributed by atoms with Gasteiger partial charge in [-0.2, -0.15) is 0 Å². The second-order valence-corrected chi connectivity index (χ2v) is 6.79. The molecule has 0 aliphatic rings. The molecule has 4 rings (SSSR count). The van der Waals surface area contributed by atoms with Gasteiger partial charge in [0.2, 0.25) is 0 Å². The van der Waals surface area contributed by atoms with Crippen molar-refractivity contribution in [1.82, 2.24) is 4.98 Å². The molecule has 4 aromatic rings. The Hall–Kier alpha value is -3.53. The van der Waals surface area contributed by atoms with E-state index in [1.807, 2.05) is 92.0 Å². The summed E-state index contributed by atoms with van der Waals surface area (Å²) in [5.74, 6) is -0.0447. The highest BCUT2D eigenvalue weighted by molar-refractivity contribution is 5.95. The number of hydrogen-bond donors (Lipinski definition) is 1. The molecule has 3 aromatic carbocycles. The normalized spacial score (nSPS) is 11.9. The van der Waals surface area contributed by atoms with Gasteiger partial charge in [-0.25, -0.2) is 0 Å². The van der Waals surface area contributed by atoms with Gasteiger partial charge in [0.05, 0.1) is 6.61 Å².